The third-order valence-electron chi connectivity index (χ3n) is 4.92. The molecule has 4 nitrogen and oxygen atoms in total. The van der Waals surface area contributed by atoms with Crippen molar-refractivity contribution in [3.8, 4) is 0 Å². The van der Waals surface area contributed by atoms with Crippen LogP contribution >= 0.6 is 11.6 Å². The lowest BCUT2D eigenvalue weighted by Gasteiger charge is -2.41. The highest BCUT2D eigenvalue weighted by Crippen LogP contribution is 2.36. The predicted octanol–water partition coefficient (Wildman–Crippen LogP) is 3.43. The van der Waals surface area contributed by atoms with Crippen LogP contribution in [0.1, 0.15) is 42.5 Å². The number of piperidine rings is 1. The second-order valence-electron chi connectivity index (χ2n) is 6.14. The summed E-state index contributed by atoms with van der Waals surface area (Å²) in [7, 11) is 1.79. The molecule has 0 radical (unpaired) electrons. The van der Waals surface area contributed by atoms with Crippen LogP contribution in [0.5, 0.6) is 0 Å². The molecule has 2 heterocycles. The van der Waals surface area contributed by atoms with Crippen molar-refractivity contribution in [1.29, 1.82) is 0 Å². The maximum absolute atomic E-state index is 12.7. The SMILES string of the molecule is CNc1cc(C(=O)N2CCC3CCCCC3C2)c(Cl)cn1. The van der Waals surface area contributed by atoms with Crippen molar-refractivity contribution in [2.24, 2.45) is 11.8 Å². The first-order valence-electron chi connectivity index (χ1n) is 7.81. The molecule has 1 aromatic rings. The highest BCUT2D eigenvalue weighted by atomic mass is 35.5. The molecule has 0 aromatic carbocycles. The number of fused-ring (bicyclic) bond motifs is 1. The van der Waals surface area contributed by atoms with Gasteiger partial charge in [-0.15, -0.1) is 0 Å². The average Bonchev–Trinajstić information content (AvgIpc) is 2.54. The van der Waals surface area contributed by atoms with Gasteiger partial charge < -0.3 is 10.2 Å². The molecule has 0 bridgehead atoms. The van der Waals surface area contributed by atoms with Crippen molar-refractivity contribution < 1.29 is 4.79 Å². The number of pyridine rings is 1. The molecule has 1 amide bonds. The molecular formula is C16H22ClN3O. The van der Waals surface area contributed by atoms with Gasteiger partial charge in [0.1, 0.15) is 5.82 Å². The van der Waals surface area contributed by atoms with E-state index in [2.05, 4.69) is 10.3 Å². The van der Waals surface area contributed by atoms with Gasteiger partial charge in [-0.1, -0.05) is 30.9 Å². The summed E-state index contributed by atoms with van der Waals surface area (Å²) in [6, 6.07) is 1.75. The van der Waals surface area contributed by atoms with Crippen LogP contribution in [0.15, 0.2) is 12.3 Å². The van der Waals surface area contributed by atoms with Crippen molar-refractivity contribution in [3.63, 3.8) is 0 Å². The van der Waals surface area contributed by atoms with Gasteiger partial charge in [0.25, 0.3) is 5.91 Å². The van der Waals surface area contributed by atoms with Gasteiger partial charge in [0, 0.05) is 26.3 Å². The van der Waals surface area contributed by atoms with Crippen LogP contribution in [-0.2, 0) is 0 Å². The van der Waals surface area contributed by atoms with Crippen LogP contribution in [0, 0.1) is 11.8 Å². The van der Waals surface area contributed by atoms with E-state index < -0.39 is 0 Å². The summed E-state index contributed by atoms with van der Waals surface area (Å²) in [4.78, 5) is 18.9. The molecule has 1 aromatic heterocycles. The zero-order chi connectivity index (χ0) is 14.8. The van der Waals surface area contributed by atoms with Crippen LogP contribution in [0.25, 0.3) is 0 Å². The number of anilines is 1. The maximum Gasteiger partial charge on any atom is 0.255 e. The van der Waals surface area contributed by atoms with E-state index in [0.717, 1.165) is 25.4 Å². The summed E-state index contributed by atoms with van der Waals surface area (Å²) < 4.78 is 0. The van der Waals surface area contributed by atoms with Crippen LogP contribution in [-0.4, -0.2) is 35.9 Å². The molecule has 1 saturated heterocycles. The lowest BCUT2D eigenvalue weighted by Crippen LogP contribution is -2.44. The number of nitrogens with one attached hydrogen (secondary N) is 1. The zero-order valence-electron chi connectivity index (χ0n) is 12.4. The molecule has 2 aliphatic rings. The number of hydrogen-bond donors (Lipinski definition) is 1. The minimum atomic E-state index is 0.0444. The average molecular weight is 308 g/mol. The van der Waals surface area contributed by atoms with Gasteiger partial charge in [0.2, 0.25) is 0 Å². The fourth-order valence-electron chi connectivity index (χ4n) is 3.69. The molecule has 21 heavy (non-hydrogen) atoms. The fourth-order valence-corrected chi connectivity index (χ4v) is 3.88. The number of carbonyl (C=O) groups is 1. The first-order valence-corrected chi connectivity index (χ1v) is 8.19. The highest BCUT2D eigenvalue weighted by Gasteiger charge is 2.33. The topological polar surface area (TPSA) is 45.2 Å². The monoisotopic (exact) mass is 307 g/mol. The van der Waals surface area contributed by atoms with E-state index in [-0.39, 0.29) is 5.91 Å². The number of likely N-dealkylation sites (tertiary alicyclic amines) is 1. The number of nitrogens with zero attached hydrogens (tertiary/aromatic N) is 2. The summed E-state index contributed by atoms with van der Waals surface area (Å²) in [5.41, 5.74) is 0.560. The number of hydrogen-bond acceptors (Lipinski definition) is 3. The molecule has 2 fully saturated rings. The molecule has 1 saturated carbocycles. The molecule has 3 rings (SSSR count). The molecule has 0 spiro atoms. The molecule has 2 unspecified atom stereocenters. The van der Waals surface area contributed by atoms with E-state index in [1.54, 1.807) is 19.3 Å². The second kappa shape index (κ2) is 6.22. The Bertz CT molecular complexity index is 534. The Balaban J connectivity index is 1.76. The van der Waals surface area contributed by atoms with Crippen molar-refractivity contribution in [3.05, 3.63) is 22.8 Å². The highest BCUT2D eigenvalue weighted by molar-refractivity contribution is 6.33. The molecule has 1 aliphatic carbocycles. The van der Waals surface area contributed by atoms with Gasteiger partial charge in [0.05, 0.1) is 10.6 Å². The van der Waals surface area contributed by atoms with Gasteiger partial charge in [-0.2, -0.15) is 0 Å². The van der Waals surface area contributed by atoms with E-state index in [1.807, 2.05) is 4.90 Å². The fraction of sp³-hybridized carbons (Fsp3) is 0.625. The lowest BCUT2D eigenvalue weighted by molar-refractivity contribution is 0.0521. The minimum absolute atomic E-state index is 0.0444. The normalized spacial score (nSPS) is 25.3. The van der Waals surface area contributed by atoms with Crippen LogP contribution in [0.4, 0.5) is 5.82 Å². The summed E-state index contributed by atoms with van der Waals surface area (Å²) in [5, 5.41) is 3.39. The number of rotatable bonds is 2. The predicted molar refractivity (Wildman–Crippen MR) is 84.8 cm³/mol. The summed E-state index contributed by atoms with van der Waals surface area (Å²) in [6.07, 6.45) is 7.96. The van der Waals surface area contributed by atoms with Gasteiger partial charge in [-0.05, 0) is 30.7 Å². The molecule has 5 heteroatoms. The summed E-state index contributed by atoms with van der Waals surface area (Å²) >= 11 is 6.17. The maximum atomic E-state index is 12.7. The molecule has 114 valence electrons. The number of aromatic nitrogens is 1. The standard InChI is InChI=1S/C16H22ClN3O/c1-18-15-8-13(14(17)9-19-15)16(21)20-7-6-11-4-2-3-5-12(11)10-20/h8-9,11-12H,2-7,10H2,1H3,(H,18,19). The third kappa shape index (κ3) is 3.00. The van der Waals surface area contributed by atoms with E-state index in [9.17, 15) is 4.79 Å². The molecule has 1 N–H and O–H groups in total. The van der Waals surface area contributed by atoms with Crippen molar-refractivity contribution in [2.75, 3.05) is 25.5 Å². The van der Waals surface area contributed by atoms with Crippen LogP contribution in [0.2, 0.25) is 5.02 Å². The minimum Gasteiger partial charge on any atom is -0.373 e. The number of carbonyl (C=O) groups excluding carboxylic acids is 1. The Morgan fingerprint density at radius 3 is 2.86 bits per heavy atom. The van der Waals surface area contributed by atoms with Crippen molar-refractivity contribution in [2.45, 2.75) is 32.1 Å². The van der Waals surface area contributed by atoms with Gasteiger partial charge in [-0.25, -0.2) is 4.98 Å². The van der Waals surface area contributed by atoms with Gasteiger partial charge >= 0.3 is 0 Å². The van der Waals surface area contributed by atoms with Gasteiger partial charge in [0.15, 0.2) is 0 Å². The smallest absolute Gasteiger partial charge is 0.255 e. The Morgan fingerprint density at radius 2 is 2.10 bits per heavy atom. The first kappa shape index (κ1) is 14.6. The van der Waals surface area contributed by atoms with Crippen LogP contribution < -0.4 is 5.32 Å². The zero-order valence-corrected chi connectivity index (χ0v) is 13.2. The van der Waals surface area contributed by atoms with E-state index in [1.165, 1.54) is 25.7 Å². The molecule has 2 atom stereocenters. The Morgan fingerprint density at radius 1 is 1.33 bits per heavy atom. The largest absolute Gasteiger partial charge is 0.373 e. The Hall–Kier alpha value is -1.29. The molecular weight excluding hydrogens is 286 g/mol. The van der Waals surface area contributed by atoms with Crippen molar-refractivity contribution >= 4 is 23.3 Å². The second-order valence-corrected chi connectivity index (χ2v) is 6.55. The van der Waals surface area contributed by atoms with E-state index in [0.29, 0.717) is 22.3 Å². The van der Waals surface area contributed by atoms with Gasteiger partial charge in [-0.3, -0.25) is 4.79 Å². The Labute approximate surface area is 130 Å². The Kier molecular flexibility index (Phi) is 4.34. The quantitative estimate of drug-likeness (QED) is 0.910. The van der Waals surface area contributed by atoms with E-state index in [4.69, 9.17) is 11.6 Å². The van der Waals surface area contributed by atoms with E-state index >= 15 is 0 Å². The van der Waals surface area contributed by atoms with Crippen LogP contribution in [0.3, 0.4) is 0 Å². The number of amides is 1. The lowest BCUT2D eigenvalue weighted by atomic mass is 9.75. The third-order valence-corrected chi connectivity index (χ3v) is 5.22. The van der Waals surface area contributed by atoms with Crippen molar-refractivity contribution in [1.82, 2.24) is 9.88 Å². The summed E-state index contributed by atoms with van der Waals surface area (Å²) in [5.74, 6) is 2.22. The summed E-state index contributed by atoms with van der Waals surface area (Å²) in [6.45, 7) is 1.74. The first-order chi connectivity index (χ1) is 10.2. The molecule has 1 aliphatic heterocycles. The number of halogens is 1.